The number of hydrogen-bond acceptors (Lipinski definition) is 10. The van der Waals surface area contributed by atoms with Gasteiger partial charge in [0.05, 0.1) is 30.8 Å². The molecule has 0 fully saturated rings. The number of hydrogen-bond donors (Lipinski definition) is 4. The summed E-state index contributed by atoms with van der Waals surface area (Å²) in [6, 6.07) is 1.57. The Balaban J connectivity index is 1.97. The van der Waals surface area contributed by atoms with Gasteiger partial charge in [-0.1, -0.05) is 20.8 Å². The quantitative estimate of drug-likeness (QED) is 0.374. The first kappa shape index (κ1) is 25.7. The molecule has 0 aliphatic rings. The zero-order valence-electron chi connectivity index (χ0n) is 21.2. The summed E-state index contributed by atoms with van der Waals surface area (Å²) in [4.78, 5) is 37.8. The number of amides is 1. The van der Waals surface area contributed by atoms with Crippen LogP contribution in [0.1, 0.15) is 46.1 Å². The third-order valence-electron chi connectivity index (χ3n) is 5.01. The molecule has 35 heavy (non-hydrogen) atoms. The van der Waals surface area contributed by atoms with Crippen molar-refractivity contribution in [2.24, 2.45) is 0 Å². The Bertz CT molecular complexity index is 1190. The molecule has 0 bridgehead atoms. The zero-order chi connectivity index (χ0) is 25.8. The third kappa shape index (κ3) is 6.14. The van der Waals surface area contributed by atoms with Gasteiger partial charge in [0.1, 0.15) is 17.2 Å². The maximum absolute atomic E-state index is 11.6. The fourth-order valence-electron chi connectivity index (χ4n) is 3.24. The Labute approximate surface area is 204 Å². The summed E-state index contributed by atoms with van der Waals surface area (Å²) in [5.41, 5.74) is 8.72. The number of nitrogens with two attached hydrogens (primary N) is 1. The van der Waals surface area contributed by atoms with E-state index in [-0.39, 0.29) is 23.2 Å². The first-order chi connectivity index (χ1) is 16.5. The van der Waals surface area contributed by atoms with Crippen LogP contribution in [-0.4, -0.2) is 62.3 Å². The van der Waals surface area contributed by atoms with Crippen molar-refractivity contribution in [3.8, 4) is 28.7 Å². The van der Waals surface area contributed by atoms with Gasteiger partial charge in [0.25, 0.3) is 5.88 Å². The van der Waals surface area contributed by atoms with E-state index in [0.717, 1.165) is 5.82 Å². The first-order valence-corrected chi connectivity index (χ1v) is 11.3. The number of aromatic amines is 1. The molecule has 0 saturated carbocycles. The first-order valence-electron chi connectivity index (χ1n) is 11.3. The molecular weight excluding hydrogens is 450 g/mol. The van der Waals surface area contributed by atoms with Gasteiger partial charge >= 0.3 is 6.09 Å². The smallest absolute Gasteiger partial charge is 0.407 e. The normalized spacial score (nSPS) is 12.2. The maximum Gasteiger partial charge on any atom is 0.407 e. The monoisotopic (exact) mass is 483 g/mol. The molecule has 0 unspecified atom stereocenters. The molecule has 0 aliphatic carbocycles. The van der Waals surface area contributed by atoms with Crippen LogP contribution in [0.3, 0.4) is 0 Å². The van der Waals surface area contributed by atoms with Gasteiger partial charge in [0, 0.05) is 24.2 Å². The molecule has 0 radical (unpaired) electrons. The molecule has 0 saturated heterocycles. The summed E-state index contributed by atoms with van der Waals surface area (Å²) in [5.74, 6) is 1.60. The van der Waals surface area contributed by atoms with Crippen LogP contribution < -0.4 is 21.1 Å². The van der Waals surface area contributed by atoms with Crippen molar-refractivity contribution in [1.29, 1.82) is 0 Å². The topological polar surface area (TPSA) is 166 Å². The molecule has 12 nitrogen and oxygen atoms in total. The number of alkyl carbamates (subject to hydrolysis) is 1. The molecule has 0 aromatic carbocycles. The Hall–Kier alpha value is -3.96. The summed E-state index contributed by atoms with van der Waals surface area (Å²) < 4.78 is 10.2. The summed E-state index contributed by atoms with van der Waals surface area (Å²) in [5, 5.41) is 5.88. The number of nitrogen functional groups attached to an aromatic ring is 1. The number of imidazole rings is 1. The van der Waals surface area contributed by atoms with Crippen LogP contribution in [0.25, 0.3) is 22.8 Å². The number of H-pyrrole nitrogens is 1. The summed E-state index contributed by atoms with van der Waals surface area (Å²) in [6.07, 6.45) is 1.17. The van der Waals surface area contributed by atoms with E-state index in [9.17, 15) is 4.79 Å². The van der Waals surface area contributed by atoms with E-state index >= 15 is 0 Å². The lowest BCUT2D eigenvalue weighted by Gasteiger charge is -2.14. The maximum atomic E-state index is 11.6. The van der Waals surface area contributed by atoms with Crippen molar-refractivity contribution < 1.29 is 14.3 Å². The number of nitrogens with one attached hydrogen (secondary N) is 3. The lowest BCUT2D eigenvalue weighted by molar-refractivity contribution is 0.149. The second-order valence-corrected chi connectivity index (χ2v) is 9.02. The molecule has 0 spiro atoms. The van der Waals surface area contributed by atoms with Gasteiger partial charge in [-0.25, -0.2) is 29.7 Å². The van der Waals surface area contributed by atoms with Crippen molar-refractivity contribution in [2.45, 2.75) is 53.0 Å². The van der Waals surface area contributed by atoms with Crippen LogP contribution in [0.15, 0.2) is 12.3 Å². The highest BCUT2D eigenvalue weighted by Gasteiger charge is 2.26. The number of ether oxygens (including phenoxy) is 2. The standard InChI is InChI=1S/C23H33N9O3/c1-8-35-22(33)27-12(2)11-26-21-25-10-9-14(29-21)16-17(32-20(31-16)23(4,5)6)15-13(3)28-18(24)19(30-15)34-7/h9-10,12H,8,11H2,1-7H3,(H2,24,28)(H,27,33)(H,31,32)(H,25,26,29)/t12-/m0/s1. The summed E-state index contributed by atoms with van der Waals surface area (Å²) in [7, 11) is 1.49. The van der Waals surface area contributed by atoms with Crippen molar-refractivity contribution >= 4 is 17.9 Å². The molecule has 3 rings (SSSR count). The summed E-state index contributed by atoms with van der Waals surface area (Å²) >= 11 is 0. The Kier molecular flexibility index (Phi) is 7.72. The van der Waals surface area contributed by atoms with Crippen LogP contribution in [-0.2, 0) is 10.2 Å². The van der Waals surface area contributed by atoms with Crippen LogP contribution in [0.5, 0.6) is 5.88 Å². The van der Waals surface area contributed by atoms with E-state index in [2.05, 4.69) is 56.3 Å². The molecule has 3 heterocycles. The second kappa shape index (κ2) is 10.5. The summed E-state index contributed by atoms with van der Waals surface area (Å²) in [6.45, 7) is 12.3. The lowest BCUT2D eigenvalue weighted by atomic mass is 9.96. The number of aromatic nitrogens is 6. The number of rotatable bonds is 8. The fraction of sp³-hybridized carbons (Fsp3) is 0.478. The molecule has 1 amide bonds. The molecule has 1 atom stereocenters. The van der Waals surface area contributed by atoms with E-state index in [4.69, 9.17) is 20.2 Å². The Morgan fingerprint density at radius 1 is 1.20 bits per heavy atom. The molecular formula is C23H33N9O3. The highest BCUT2D eigenvalue weighted by Crippen LogP contribution is 2.34. The fourth-order valence-corrected chi connectivity index (χ4v) is 3.24. The SMILES string of the molecule is CCOC(=O)N[C@@H](C)CNc1nccc(-c2nc(C(C)(C)C)[nH]c2-c2nc(OC)c(N)nc2C)n1. The Morgan fingerprint density at radius 3 is 2.60 bits per heavy atom. The second-order valence-electron chi connectivity index (χ2n) is 9.02. The van der Waals surface area contributed by atoms with Gasteiger partial charge < -0.3 is 30.8 Å². The highest BCUT2D eigenvalue weighted by atomic mass is 16.5. The largest absolute Gasteiger partial charge is 0.478 e. The van der Waals surface area contributed by atoms with Crippen molar-refractivity contribution in [3.05, 3.63) is 23.8 Å². The van der Waals surface area contributed by atoms with Crippen molar-refractivity contribution in [3.63, 3.8) is 0 Å². The van der Waals surface area contributed by atoms with Gasteiger partial charge in [0.15, 0.2) is 5.82 Å². The van der Waals surface area contributed by atoms with Crippen LogP contribution in [0, 0.1) is 6.92 Å². The van der Waals surface area contributed by atoms with Gasteiger partial charge in [0.2, 0.25) is 5.95 Å². The van der Waals surface area contributed by atoms with Crippen LogP contribution >= 0.6 is 0 Å². The highest BCUT2D eigenvalue weighted by molar-refractivity contribution is 5.77. The van der Waals surface area contributed by atoms with Crippen molar-refractivity contribution in [1.82, 2.24) is 35.2 Å². The van der Waals surface area contributed by atoms with E-state index in [1.807, 2.05) is 13.8 Å². The van der Waals surface area contributed by atoms with Gasteiger partial charge in [-0.05, 0) is 26.8 Å². The van der Waals surface area contributed by atoms with Gasteiger partial charge in [-0.3, -0.25) is 0 Å². The number of aryl methyl sites for hydroxylation is 1. The van der Waals surface area contributed by atoms with Crippen LogP contribution in [0.2, 0.25) is 0 Å². The number of methoxy groups -OCH3 is 1. The number of anilines is 2. The third-order valence-corrected chi connectivity index (χ3v) is 5.01. The van der Waals surface area contributed by atoms with E-state index in [0.29, 0.717) is 47.6 Å². The minimum absolute atomic E-state index is 0.199. The number of nitrogens with zero attached hydrogens (tertiary/aromatic N) is 5. The predicted molar refractivity (Wildman–Crippen MR) is 133 cm³/mol. The van der Waals surface area contributed by atoms with Crippen LogP contribution in [0.4, 0.5) is 16.6 Å². The lowest BCUT2D eigenvalue weighted by Crippen LogP contribution is -2.37. The molecule has 188 valence electrons. The molecule has 3 aromatic rings. The molecule has 3 aromatic heterocycles. The number of carbonyl (C=O) groups excluding carboxylic acids is 1. The predicted octanol–water partition coefficient (Wildman–Crippen LogP) is 3.07. The van der Waals surface area contributed by atoms with Gasteiger partial charge in [-0.2, -0.15) is 0 Å². The minimum Gasteiger partial charge on any atom is -0.478 e. The minimum atomic E-state index is -0.470. The molecule has 5 N–H and O–H groups in total. The molecule has 12 heteroatoms. The average molecular weight is 484 g/mol. The Morgan fingerprint density at radius 2 is 1.94 bits per heavy atom. The van der Waals surface area contributed by atoms with Crippen molar-refractivity contribution in [2.75, 3.05) is 31.3 Å². The molecule has 0 aliphatic heterocycles. The zero-order valence-corrected chi connectivity index (χ0v) is 21.2. The average Bonchev–Trinajstić information content (AvgIpc) is 3.24. The van der Waals surface area contributed by atoms with E-state index < -0.39 is 6.09 Å². The van der Waals surface area contributed by atoms with E-state index in [1.165, 1.54) is 7.11 Å². The number of carbonyl (C=O) groups is 1. The van der Waals surface area contributed by atoms with Gasteiger partial charge in [-0.15, -0.1) is 0 Å². The van der Waals surface area contributed by atoms with E-state index in [1.54, 1.807) is 19.2 Å².